The van der Waals surface area contributed by atoms with Gasteiger partial charge >= 0.3 is 0 Å². The Balaban J connectivity index is 2.05. The van der Waals surface area contributed by atoms with Crippen molar-refractivity contribution in [2.24, 2.45) is 5.73 Å². The van der Waals surface area contributed by atoms with Crippen molar-refractivity contribution < 1.29 is 4.79 Å². The molecule has 2 rings (SSSR count). The Morgan fingerprint density at radius 2 is 1.95 bits per heavy atom. The number of nitrogens with one attached hydrogen (secondary N) is 1. The molecular weight excluding hydrogens is 240 g/mol. The van der Waals surface area contributed by atoms with E-state index in [2.05, 4.69) is 10.3 Å². The summed E-state index contributed by atoms with van der Waals surface area (Å²) in [6.07, 6.45) is 4.32. The second-order valence-electron chi connectivity index (χ2n) is 4.17. The van der Waals surface area contributed by atoms with Crippen molar-refractivity contribution >= 4 is 17.3 Å². The SMILES string of the molecule is NC(=O)c1cccc(N)c1NCCc1ccncc1. The zero-order valence-corrected chi connectivity index (χ0v) is 10.5. The molecule has 1 aromatic carbocycles. The number of hydrogen-bond acceptors (Lipinski definition) is 4. The van der Waals surface area contributed by atoms with Crippen molar-refractivity contribution in [3.8, 4) is 0 Å². The van der Waals surface area contributed by atoms with E-state index in [4.69, 9.17) is 11.5 Å². The summed E-state index contributed by atoms with van der Waals surface area (Å²) in [6.45, 7) is 0.665. The fraction of sp³-hybridized carbons (Fsp3) is 0.143. The quantitative estimate of drug-likeness (QED) is 0.705. The molecule has 5 heteroatoms. The summed E-state index contributed by atoms with van der Waals surface area (Å²) in [4.78, 5) is 15.3. The zero-order chi connectivity index (χ0) is 13.7. The summed E-state index contributed by atoms with van der Waals surface area (Å²) in [5.41, 5.74) is 13.9. The van der Waals surface area contributed by atoms with E-state index >= 15 is 0 Å². The lowest BCUT2D eigenvalue weighted by Crippen LogP contribution is -2.16. The van der Waals surface area contributed by atoms with Crippen LogP contribution in [0, 0.1) is 0 Å². The molecule has 0 aliphatic heterocycles. The van der Waals surface area contributed by atoms with Crippen LogP contribution in [0.1, 0.15) is 15.9 Å². The minimum Gasteiger partial charge on any atom is -0.397 e. The monoisotopic (exact) mass is 256 g/mol. The first-order chi connectivity index (χ1) is 9.18. The van der Waals surface area contributed by atoms with E-state index in [1.165, 1.54) is 0 Å². The third-order valence-corrected chi connectivity index (χ3v) is 2.83. The molecule has 0 saturated carbocycles. The number of nitrogen functional groups attached to an aromatic ring is 1. The Bertz CT molecular complexity index is 569. The van der Waals surface area contributed by atoms with Crippen LogP contribution in [0.5, 0.6) is 0 Å². The highest BCUT2D eigenvalue weighted by molar-refractivity contribution is 6.01. The number of hydrogen-bond donors (Lipinski definition) is 3. The lowest BCUT2D eigenvalue weighted by atomic mass is 10.1. The van der Waals surface area contributed by atoms with E-state index in [-0.39, 0.29) is 0 Å². The summed E-state index contributed by atoms with van der Waals surface area (Å²) < 4.78 is 0. The van der Waals surface area contributed by atoms with Gasteiger partial charge in [-0.3, -0.25) is 9.78 Å². The van der Waals surface area contributed by atoms with Gasteiger partial charge in [-0.2, -0.15) is 0 Å². The number of primary amides is 1. The van der Waals surface area contributed by atoms with Crippen LogP contribution in [0.25, 0.3) is 0 Å². The van der Waals surface area contributed by atoms with Crippen LogP contribution in [-0.4, -0.2) is 17.4 Å². The van der Waals surface area contributed by atoms with Crippen molar-refractivity contribution in [1.29, 1.82) is 0 Å². The molecule has 19 heavy (non-hydrogen) atoms. The second kappa shape index (κ2) is 5.86. The molecule has 0 saturated heterocycles. The van der Waals surface area contributed by atoms with E-state index in [9.17, 15) is 4.79 Å². The molecule has 0 atom stereocenters. The zero-order valence-electron chi connectivity index (χ0n) is 10.5. The predicted octanol–water partition coefficient (Wildman–Crippen LogP) is 1.42. The molecule has 98 valence electrons. The average molecular weight is 256 g/mol. The number of pyridine rings is 1. The van der Waals surface area contributed by atoms with Crippen molar-refractivity contribution in [1.82, 2.24) is 4.98 Å². The van der Waals surface area contributed by atoms with E-state index in [0.717, 1.165) is 12.0 Å². The molecule has 0 spiro atoms. The van der Waals surface area contributed by atoms with Crippen molar-refractivity contribution in [2.75, 3.05) is 17.6 Å². The number of para-hydroxylation sites is 1. The normalized spacial score (nSPS) is 10.1. The van der Waals surface area contributed by atoms with Gasteiger partial charge in [0.25, 0.3) is 5.91 Å². The highest BCUT2D eigenvalue weighted by atomic mass is 16.1. The van der Waals surface area contributed by atoms with E-state index in [0.29, 0.717) is 23.5 Å². The van der Waals surface area contributed by atoms with Crippen molar-refractivity contribution in [3.05, 3.63) is 53.9 Å². The number of nitrogens with zero attached hydrogens (tertiary/aromatic N) is 1. The van der Waals surface area contributed by atoms with Gasteiger partial charge in [0.05, 0.1) is 16.9 Å². The lowest BCUT2D eigenvalue weighted by molar-refractivity contribution is 0.100. The van der Waals surface area contributed by atoms with Crippen LogP contribution in [-0.2, 0) is 6.42 Å². The van der Waals surface area contributed by atoms with Gasteiger partial charge in [-0.15, -0.1) is 0 Å². The molecule has 0 aliphatic rings. The third-order valence-electron chi connectivity index (χ3n) is 2.83. The minimum atomic E-state index is -0.487. The Labute approximate surface area is 111 Å². The van der Waals surface area contributed by atoms with E-state index < -0.39 is 5.91 Å². The summed E-state index contributed by atoms with van der Waals surface area (Å²) in [5, 5.41) is 3.17. The van der Waals surface area contributed by atoms with Crippen LogP contribution in [0.15, 0.2) is 42.7 Å². The number of carbonyl (C=O) groups is 1. The Kier molecular flexibility index (Phi) is 3.97. The molecule has 0 aliphatic carbocycles. The summed E-state index contributed by atoms with van der Waals surface area (Å²) in [7, 11) is 0. The Morgan fingerprint density at radius 1 is 1.21 bits per heavy atom. The topological polar surface area (TPSA) is 94.0 Å². The maximum Gasteiger partial charge on any atom is 0.250 e. The maximum absolute atomic E-state index is 11.3. The number of carbonyl (C=O) groups excluding carboxylic acids is 1. The molecule has 1 heterocycles. The number of amides is 1. The van der Waals surface area contributed by atoms with Gasteiger partial charge < -0.3 is 16.8 Å². The number of nitrogens with two attached hydrogens (primary N) is 2. The third kappa shape index (κ3) is 3.22. The highest BCUT2D eigenvalue weighted by Crippen LogP contribution is 2.22. The van der Waals surface area contributed by atoms with E-state index in [1.54, 1.807) is 30.6 Å². The van der Waals surface area contributed by atoms with Gasteiger partial charge in [-0.1, -0.05) is 6.07 Å². The first-order valence-electron chi connectivity index (χ1n) is 5.99. The van der Waals surface area contributed by atoms with Gasteiger partial charge in [0.2, 0.25) is 0 Å². The van der Waals surface area contributed by atoms with Crippen LogP contribution in [0.3, 0.4) is 0 Å². The number of rotatable bonds is 5. The Morgan fingerprint density at radius 3 is 2.63 bits per heavy atom. The second-order valence-corrected chi connectivity index (χ2v) is 4.17. The standard InChI is InChI=1S/C14H16N4O/c15-12-3-1-2-11(14(16)19)13(12)18-9-6-10-4-7-17-8-5-10/h1-5,7-8,18H,6,9,15H2,(H2,16,19). The van der Waals surface area contributed by atoms with Crippen LogP contribution in [0.2, 0.25) is 0 Å². The van der Waals surface area contributed by atoms with Gasteiger partial charge in [-0.05, 0) is 36.2 Å². The summed E-state index contributed by atoms with van der Waals surface area (Å²) in [6, 6.07) is 9.01. The molecule has 0 radical (unpaired) electrons. The average Bonchev–Trinajstić information content (AvgIpc) is 2.41. The summed E-state index contributed by atoms with van der Waals surface area (Å²) in [5.74, 6) is -0.487. The molecule has 1 amide bonds. The number of aromatic nitrogens is 1. The van der Waals surface area contributed by atoms with Crippen LogP contribution >= 0.6 is 0 Å². The molecular formula is C14H16N4O. The van der Waals surface area contributed by atoms with Crippen LogP contribution in [0.4, 0.5) is 11.4 Å². The number of benzene rings is 1. The van der Waals surface area contributed by atoms with E-state index in [1.807, 2.05) is 12.1 Å². The van der Waals surface area contributed by atoms with Crippen molar-refractivity contribution in [2.45, 2.75) is 6.42 Å². The Hall–Kier alpha value is -2.56. The van der Waals surface area contributed by atoms with Crippen LogP contribution < -0.4 is 16.8 Å². The largest absolute Gasteiger partial charge is 0.397 e. The van der Waals surface area contributed by atoms with Gasteiger partial charge in [0.1, 0.15) is 0 Å². The minimum absolute atomic E-state index is 0.412. The first kappa shape index (κ1) is 12.9. The van der Waals surface area contributed by atoms with Gasteiger partial charge in [-0.25, -0.2) is 0 Å². The molecule has 0 bridgehead atoms. The van der Waals surface area contributed by atoms with Crippen molar-refractivity contribution in [3.63, 3.8) is 0 Å². The number of anilines is 2. The molecule has 0 fully saturated rings. The molecule has 2 aromatic rings. The maximum atomic E-state index is 11.3. The van der Waals surface area contributed by atoms with Gasteiger partial charge in [0, 0.05) is 18.9 Å². The summed E-state index contributed by atoms with van der Waals surface area (Å²) >= 11 is 0. The first-order valence-corrected chi connectivity index (χ1v) is 5.99. The van der Waals surface area contributed by atoms with Gasteiger partial charge in [0.15, 0.2) is 0 Å². The predicted molar refractivity (Wildman–Crippen MR) is 75.8 cm³/mol. The fourth-order valence-corrected chi connectivity index (χ4v) is 1.85. The molecule has 1 aromatic heterocycles. The fourth-order valence-electron chi connectivity index (χ4n) is 1.85. The smallest absolute Gasteiger partial charge is 0.250 e. The molecule has 5 N–H and O–H groups in total. The molecule has 5 nitrogen and oxygen atoms in total. The molecule has 0 unspecified atom stereocenters. The highest BCUT2D eigenvalue weighted by Gasteiger charge is 2.10. The lowest BCUT2D eigenvalue weighted by Gasteiger charge is -2.12.